The van der Waals surface area contributed by atoms with Crippen LogP contribution in [0, 0.1) is 0 Å². The molecule has 5 heteroatoms. The van der Waals surface area contributed by atoms with Gasteiger partial charge in [-0.25, -0.2) is 0 Å². The maximum absolute atomic E-state index is 5.99. The van der Waals surface area contributed by atoms with Crippen molar-refractivity contribution in [3.8, 4) is 17.2 Å². The first-order valence-corrected chi connectivity index (χ1v) is 11.2. The fourth-order valence-electron chi connectivity index (χ4n) is 4.11. The Morgan fingerprint density at radius 2 is 1.62 bits per heavy atom. The third-order valence-corrected chi connectivity index (χ3v) is 5.90. The molecule has 0 bridgehead atoms. The molecule has 4 rings (SSSR count). The van der Waals surface area contributed by atoms with Gasteiger partial charge < -0.3 is 19.5 Å². The minimum Gasteiger partial charge on any atom is -0.497 e. The number of nitrogens with zero attached hydrogens (tertiary/aromatic N) is 1. The largest absolute Gasteiger partial charge is 0.497 e. The molecule has 0 aliphatic carbocycles. The zero-order valence-electron chi connectivity index (χ0n) is 18.9. The molecule has 1 heterocycles. The van der Waals surface area contributed by atoms with Gasteiger partial charge in [-0.2, -0.15) is 0 Å². The lowest BCUT2D eigenvalue weighted by molar-refractivity contribution is 0.211. The lowest BCUT2D eigenvalue weighted by Gasteiger charge is -2.33. The van der Waals surface area contributed by atoms with E-state index in [1.165, 1.54) is 5.56 Å². The van der Waals surface area contributed by atoms with Crippen LogP contribution in [0.5, 0.6) is 17.2 Å². The third kappa shape index (κ3) is 5.95. The average molecular weight is 433 g/mol. The molecule has 3 aromatic carbocycles. The minimum absolute atomic E-state index is 0.488. The first-order chi connectivity index (χ1) is 15.7. The Labute approximate surface area is 190 Å². The van der Waals surface area contributed by atoms with Gasteiger partial charge in [0.25, 0.3) is 0 Å². The number of rotatable bonds is 9. The molecule has 1 N–H and O–H groups in total. The molecule has 5 nitrogen and oxygen atoms in total. The molecule has 0 atom stereocenters. The van der Waals surface area contributed by atoms with E-state index in [-0.39, 0.29) is 0 Å². The van der Waals surface area contributed by atoms with Gasteiger partial charge in [0.05, 0.1) is 14.2 Å². The molecule has 0 amide bonds. The van der Waals surface area contributed by atoms with E-state index < -0.39 is 0 Å². The molecular weight excluding hydrogens is 400 g/mol. The SMILES string of the molecule is COc1cccc(NC2CCN(Cc3ccc(OCc4ccccc4)c(OC)c3)CC2)c1. The van der Waals surface area contributed by atoms with E-state index in [2.05, 4.69) is 46.6 Å². The summed E-state index contributed by atoms with van der Waals surface area (Å²) in [7, 11) is 3.40. The van der Waals surface area contributed by atoms with Crippen LogP contribution < -0.4 is 19.5 Å². The van der Waals surface area contributed by atoms with Crippen molar-refractivity contribution in [2.24, 2.45) is 0 Å². The quantitative estimate of drug-likeness (QED) is 0.493. The van der Waals surface area contributed by atoms with Gasteiger partial charge in [0.15, 0.2) is 11.5 Å². The second-order valence-corrected chi connectivity index (χ2v) is 8.19. The molecule has 0 unspecified atom stereocenters. The van der Waals surface area contributed by atoms with E-state index in [1.54, 1.807) is 14.2 Å². The smallest absolute Gasteiger partial charge is 0.161 e. The number of hydrogen-bond donors (Lipinski definition) is 1. The van der Waals surface area contributed by atoms with Crippen molar-refractivity contribution in [2.45, 2.75) is 32.0 Å². The van der Waals surface area contributed by atoms with Crippen molar-refractivity contribution in [3.05, 3.63) is 83.9 Å². The van der Waals surface area contributed by atoms with Crippen LogP contribution in [-0.4, -0.2) is 38.3 Å². The predicted octanol–water partition coefficient (Wildman–Crippen LogP) is 5.36. The molecule has 1 aliphatic heterocycles. The van der Waals surface area contributed by atoms with E-state index in [1.807, 2.05) is 36.4 Å². The lowest BCUT2D eigenvalue weighted by atomic mass is 10.0. The molecule has 1 aliphatic rings. The summed E-state index contributed by atoms with van der Waals surface area (Å²) in [6, 6.07) is 25.1. The van der Waals surface area contributed by atoms with Crippen LogP contribution in [0.3, 0.4) is 0 Å². The Hall–Kier alpha value is -3.18. The summed E-state index contributed by atoms with van der Waals surface area (Å²) in [5.41, 5.74) is 3.51. The number of likely N-dealkylation sites (tertiary alicyclic amines) is 1. The fourth-order valence-corrected chi connectivity index (χ4v) is 4.11. The van der Waals surface area contributed by atoms with Gasteiger partial charge in [0.1, 0.15) is 12.4 Å². The Morgan fingerprint density at radius 1 is 0.812 bits per heavy atom. The van der Waals surface area contributed by atoms with Gasteiger partial charge in [-0.15, -0.1) is 0 Å². The average Bonchev–Trinajstić information content (AvgIpc) is 2.85. The first-order valence-electron chi connectivity index (χ1n) is 11.2. The topological polar surface area (TPSA) is 43.0 Å². The summed E-state index contributed by atoms with van der Waals surface area (Å²) in [4.78, 5) is 2.50. The maximum atomic E-state index is 5.99. The number of methoxy groups -OCH3 is 2. The molecule has 168 valence electrons. The summed E-state index contributed by atoms with van der Waals surface area (Å²) in [5, 5.41) is 3.65. The molecule has 32 heavy (non-hydrogen) atoms. The van der Waals surface area contributed by atoms with Crippen LogP contribution in [-0.2, 0) is 13.2 Å². The lowest BCUT2D eigenvalue weighted by Crippen LogP contribution is -2.38. The van der Waals surface area contributed by atoms with Crippen molar-refractivity contribution in [1.29, 1.82) is 0 Å². The first kappa shape index (κ1) is 22.0. The molecule has 0 spiro atoms. The van der Waals surface area contributed by atoms with Gasteiger partial charge in [-0.05, 0) is 48.2 Å². The van der Waals surface area contributed by atoms with Crippen LogP contribution in [0.1, 0.15) is 24.0 Å². The van der Waals surface area contributed by atoms with Crippen molar-refractivity contribution in [3.63, 3.8) is 0 Å². The summed E-state index contributed by atoms with van der Waals surface area (Å²) < 4.78 is 16.9. The van der Waals surface area contributed by atoms with E-state index in [4.69, 9.17) is 14.2 Å². The van der Waals surface area contributed by atoms with E-state index in [0.29, 0.717) is 12.6 Å². The van der Waals surface area contributed by atoms with Gasteiger partial charge >= 0.3 is 0 Å². The number of ether oxygens (including phenoxy) is 3. The molecule has 1 saturated heterocycles. The van der Waals surface area contributed by atoms with Gasteiger partial charge in [0.2, 0.25) is 0 Å². The van der Waals surface area contributed by atoms with E-state index >= 15 is 0 Å². The Morgan fingerprint density at radius 3 is 2.38 bits per heavy atom. The zero-order chi connectivity index (χ0) is 22.2. The van der Waals surface area contributed by atoms with Gasteiger partial charge in [-0.1, -0.05) is 42.5 Å². The summed E-state index contributed by atoms with van der Waals surface area (Å²) >= 11 is 0. The Kier molecular flexibility index (Phi) is 7.51. The molecule has 3 aromatic rings. The molecule has 1 fully saturated rings. The van der Waals surface area contributed by atoms with Crippen LogP contribution in [0.15, 0.2) is 72.8 Å². The van der Waals surface area contributed by atoms with Crippen LogP contribution in [0.4, 0.5) is 5.69 Å². The van der Waals surface area contributed by atoms with E-state index in [9.17, 15) is 0 Å². The Balaban J connectivity index is 1.28. The summed E-state index contributed by atoms with van der Waals surface area (Å²) in [6.07, 6.45) is 2.24. The number of anilines is 1. The maximum Gasteiger partial charge on any atom is 0.161 e. The van der Waals surface area contributed by atoms with Crippen molar-refractivity contribution >= 4 is 5.69 Å². The Bertz CT molecular complexity index is 985. The number of nitrogens with one attached hydrogen (secondary N) is 1. The second-order valence-electron chi connectivity index (χ2n) is 8.19. The van der Waals surface area contributed by atoms with Crippen LogP contribution >= 0.6 is 0 Å². The number of benzene rings is 3. The zero-order valence-corrected chi connectivity index (χ0v) is 18.9. The monoisotopic (exact) mass is 432 g/mol. The third-order valence-electron chi connectivity index (χ3n) is 5.90. The second kappa shape index (κ2) is 10.9. The minimum atomic E-state index is 0.488. The highest BCUT2D eigenvalue weighted by Gasteiger charge is 2.20. The summed E-state index contributed by atoms with van der Waals surface area (Å²) in [5.74, 6) is 2.45. The van der Waals surface area contributed by atoms with Crippen LogP contribution in [0.2, 0.25) is 0 Å². The fraction of sp³-hybridized carbons (Fsp3) is 0.333. The molecular formula is C27H32N2O3. The summed E-state index contributed by atoms with van der Waals surface area (Å²) in [6.45, 7) is 3.58. The van der Waals surface area contributed by atoms with Gasteiger partial charge in [-0.3, -0.25) is 4.90 Å². The normalized spacial score (nSPS) is 14.7. The standard InChI is InChI=1S/C27H32N2O3/c1-30-25-10-6-9-24(18-25)28-23-13-15-29(16-14-23)19-22-11-12-26(27(17-22)31-2)32-20-21-7-4-3-5-8-21/h3-12,17-18,23,28H,13-16,19-20H2,1-2H3. The van der Waals surface area contributed by atoms with Crippen molar-refractivity contribution < 1.29 is 14.2 Å². The molecule has 0 saturated carbocycles. The molecule has 0 radical (unpaired) electrons. The van der Waals surface area contributed by atoms with Gasteiger partial charge in [0, 0.05) is 37.4 Å². The highest BCUT2D eigenvalue weighted by Crippen LogP contribution is 2.30. The van der Waals surface area contributed by atoms with Crippen LogP contribution in [0.25, 0.3) is 0 Å². The highest BCUT2D eigenvalue weighted by molar-refractivity contribution is 5.49. The van der Waals surface area contributed by atoms with Crippen molar-refractivity contribution in [1.82, 2.24) is 4.90 Å². The number of piperidine rings is 1. The predicted molar refractivity (Wildman–Crippen MR) is 129 cm³/mol. The van der Waals surface area contributed by atoms with Crippen molar-refractivity contribution in [2.75, 3.05) is 32.6 Å². The van der Waals surface area contributed by atoms with E-state index in [0.717, 1.165) is 61.0 Å². The highest BCUT2D eigenvalue weighted by atomic mass is 16.5. The molecule has 0 aromatic heterocycles. The number of hydrogen-bond acceptors (Lipinski definition) is 5.